The van der Waals surface area contributed by atoms with Crippen LogP contribution in [0.25, 0.3) is 6.08 Å². The zero-order valence-electron chi connectivity index (χ0n) is 13.9. The maximum absolute atomic E-state index is 12.3. The zero-order valence-corrected chi connectivity index (χ0v) is 16.1. The topological polar surface area (TPSA) is 105 Å². The van der Waals surface area contributed by atoms with E-state index in [1.807, 2.05) is 41.7 Å². The lowest BCUT2D eigenvalue weighted by molar-refractivity contribution is -0.385. The molecule has 0 radical (unpaired) electrons. The first-order valence-corrected chi connectivity index (χ1v) is 8.45. The number of carbonyl (C=O) groups is 1. The van der Waals surface area contributed by atoms with Crippen LogP contribution < -0.4 is 10.1 Å². The van der Waals surface area contributed by atoms with E-state index in [0.29, 0.717) is 14.8 Å². The van der Waals surface area contributed by atoms with Gasteiger partial charge in [-0.25, -0.2) is 0 Å². The minimum absolute atomic E-state index is 0.135. The fourth-order valence-electron chi connectivity index (χ4n) is 2.26. The van der Waals surface area contributed by atoms with Crippen LogP contribution in [0.2, 0.25) is 0 Å². The molecule has 0 heterocycles. The Morgan fingerprint density at radius 3 is 2.69 bits per heavy atom. The molecular weight excluding hydrogens is 449 g/mol. The molecule has 2 rings (SSSR count). The van der Waals surface area contributed by atoms with Gasteiger partial charge in [-0.15, -0.1) is 0 Å². The molecule has 0 fully saturated rings. The molecule has 0 atom stereocenters. The number of halogens is 1. The summed E-state index contributed by atoms with van der Waals surface area (Å²) in [6.45, 7) is 1.88. The SMILES string of the molecule is COc1c(I)cc(/C=C(/C#N)C(=O)Nc2cccc(C)c2)cc1[N+](=O)[O-]. The van der Waals surface area contributed by atoms with Crippen LogP contribution in [0.4, 0.5) is 11.4 Å². The van der Waals surface area contributed by atoms with Gasteiger partial charge in [0.15, 0.2) is 0 Å². The Morgan fingerprint density at radius 2 is 2.12 bits per heavy atom. The van der Waals surface area contributed by atoms with Gasteiger partial charge in [0.2, 0.25) is 5.75 Å². The first-order valence-electron chi connectivity index (χ1n) is 7.37. The molecule has 26 heavy (non-hydrogen) atoms. The summed E-state index contributed by atoms with van der Waals surface area (Å²) in [5, 5.41) is 23.1. The third-order valence-corrected chi connectivity index (χ3v) is 4.20. The Hall–Kier alpha value is -2.93. The Kier molecular flexibility index (Phi) is 6.30. The summed E-state index contributed by atoms with van der Waals surface area (Å²) in [7, 11) is 1.34. The standard InChI is InChI=1S/C18H14IN3O4/c1-11-4-3-5-14(6-11)21-18(23)13(10-20)7-12-8-15(19)17(26-2)16(9-12)22(24)25/h3-9H,1-2H3,(H,21,23)/b13-7-. The van der Waals surface area contributed by atoms with Crippen molar-refractivity contribution in [3.05, 3.63) is 66.8 Å². The van der Waals surface area contributed by atoms with Crippen LogP contribution in [0.5, 0.6) is 5.75 Å². The van der Waals surface area contributed by atoms with Crippen molar-refractivity contribution in [3.63, 3.8) is 0 Å². The highest BCUT2D eigenvalue weighted by Gasteiger charge is 2.20. The van der Waals surface area contributed by atoms with E-state index < -0.39 is 10.8 Å². The van der Waals surface area contributed by atoms with Crippen molar-refractivity contribution >= 4 is 45.9 Å². The summed E-state index contributed by atoms with van der Waals surface area (Å²) >= 11 is 1.90. The number of methoxy groups -OCH3 is 1. The van der Waals surface area contributed by atoms with Crippen LogP contribution in [0.15, 0.2) is 42.0 Å². The number of rotatable bonds is 5. The zero-order chi connectivity index (χ0) is 19.3. The van der Waals surface area contributed by atoms with Gasteiger partial charge in [-0.05, 0) is 64.9 Å². The maximum Gasteiger partial charge on any atom is 0.312 e. The van der Waals surface area contributed by atoms with Crippen molar-refractivity contribution in [1.29, 1.82) is 5.26 Å². The van der Waals surface area contributed by atoms with Crippen molar-refractivity contribution in [2.45, 2.75) is 6.92 Å². The van der Waals surface area contributed by atoms with Crippen molar-refractivity contribution < 1.29 is 14.5 Å². The monoisotopic (exact) mass is 463 g/mol. The fraction of sp³-hybridized carbons (Fsp3) is 0.111. The molecule has 0 saturated carbocycles. The second-order valence-electron chi connectivity index (χ2n) is 5.31. The van der Waals surface area contributed by atoms with Gasteiger partial charge in [0.05, 0.1) is 15.6 Å². The summed E-state index contributed by atoms with van der Waals surface area (Å²) in [4.78, 5) is 23.0. The third-order valence-electron chi connectivity index (χ3n) is 3.40. The van der Waals surface area contributed by atoms with E-state index in [4.69, 9.17) is 4.74 Å². The van der Waals surface area contributed by atoms with Crippen LogP contribution in [0.3, 0.4) is 0 Å². The number of carbonyl (C=O) groups excluding carboxylic acids is 1. The Morgan fingerprint density at radius 1 is 1.38 bits per heavy atom. The summed E-state index contributed by atoms with van der Waals surface area (Å²) in [6.07, 6.45) is 1.31. The van der Waals surface area contributed by atoms with E-state index >= 15 is 0 Å². The molecule has 0 saturated heterocycles. The summed E-state index contributed by atoms with van der Waals surface area (Å²) < 4.78 is 5.55. The number of hydrogen-bond donors (Lipinski definition) is 1. The summed E-state index contributed by atoms with van der Waals surface area (Å²) in [6, 6.07) is 11.8. The number of nitriles is 1. The molecule has 0 spiro atoms. The predicted molar refractivity (Wildman–Crippen MR) is 106 cm³/mol. The molecule has 0 aliphatic rings. The first-order chi connectivity index (χ1) is 12.3. The van der Waals surface area contributed by atoms with Gasteiger partial charge in [-0.1, -0.05) is 12.1 Å². The molecule has 2 aromatic rings. The van der Waals surface area contributed by atoms with Crippen molar-refractivity contribution in [3.8, 4) is 11.8 Å². The third kappa shape index (κ3) is 4.58. The van der Waals surface area contributed by atoms with E-state index in [9.17, 15) is 20.2 Å². The van der Waals surface area contributed by atoms with Gasteiger partial charge in [-0.2, -0.15) is 5.26 Å². The number of nitro groups is 1. The number of aryl methyl sites for hydroxylation is 1. The molecule has 0 aromatic heterocycles. The van der Waals surface area contributed by atoms with Crippen LogP contribution in [0, 0.1) is 31.9 Å². The number of nitrogens with one attached hydrogen (secondary N) is 1. The van der Waals surface area contributed by atoms with Gasteiger partial charge in [0, 0.05) is 11.8 Å². The lowest BCUT2D eigenvalue weighted by atomic mass is 10.1. The summed E-state index contributed by atoms with van der Waals surface area (Å²) in [5.74, 6) is -0.456. The van der Waals surface area contributed by atoms with E-state index in [0.717, 1.165) is 5.56 Å². The highest BCUT2D eigenvalue weighted by Crippen LogP contribution is 2.34. The highest BCUT2D eigenvalue weighted by atomic mass is 127. The van der Waals surface area contributed by atoms with Crippen molar-refractivity contribution in [1.82, 2.24) is 0 Å². The number of anilines is 1. The second-order valence-corrected chi connectivity index (χ2v) is 6.47. The van der Waals surface area contributed by atoms with E-state index in [1.165, 1.54) is 19.3 Å². The van der Waals surface area contributed by atoms with E-state index in [-0.39, 0.29) is 17.0 Å². The molecule has 0 aliphatic carbocycles. The van der Waals surface area contributed by atoms with Crippen molar-refractivity contribution in [2.24, 2.45) is 0 Å². The fourth-order valence-corrected chi connectivity index (χ4v) is 3.11. The number of ether oxygens (including phenoxy) is 1. The molecular formula is C18H14IN3O4. The molecule has 1 amide bonds. The lowest BCUT2D eigenvalue weighted by Crippen LogP contribution is -2.13. The summed E-state index contributed by atoms with van der Waals surface area (Å²) in [5.41, 5.74) is 1.48. The molecule has 0 bridgehead atoms. The van der Waals surface area contributed by atoms with Gasteiger partial charge >= 0.3 is 5.69 Å². The molecule has 0 aliphatic heterocycles. The van der Waals surface area contributed by atoms with Crippen LogP contribution >= 0.6 is 22.6 Å². The number of nitrogens with zero attached hydrogens (tertiary/aromatic N) is 2. The Balaban J connectivity index is 2.38. The molecule has 0 unspecified atom stereocenters. The highest BCUT2D eigenvalue weighted by molar-refractivity contribution is 14.1. The number of hydrogen-bond acceptors (Lipinski definition) is 5. The van der Waals surface area contributed by atoms with Crippen molar-refractivity contribution in [2.75, 3.05) is 12.4 Å². The van der Waals surface area contributed by atoms with Gasteiger partial charge in [0.1, 0.15) is 11.6 Å². The quantitative estimate of drug-likeness (QED) is 0.237. The van der Waals surface area contributed by atoms with Crippen LogP contribution in [-0.2, 0) is 4.79 Å². The number of amides is 1. The second kappa shape index (κ2) is 8.44. The minimum Gasteiger partial charge on any atom is -0.489 e. The normalized spacial score (nSPS) is 10.8. The van der Waals surface area contributed by atoms with Gasteiger partial charge in [-0.3, -0.25) is 14.9 Å². The average Bonchev–Trinajstić information content (AvgIpc) is 2.58. The minimum atomic E-state index is -0.591. The molecule has 132 valence electrons. The number of benzene rings is 2. The van der Waals surface area contributed by atoms with Gasteiger partial charge in [0.25, 0.3) is 5.91 Å². The first kappa shape index (κ1) is 19.4. The predicted octanol–water partition coefficient (Wildman–Crippen LogP) is 4.06. The smallest absolute Gasteiger partial charge is 0.312 e. The molecule has 8 heteroatoms. The largest absolute Gasteiger partial charge is 0.489 e. The lowest BCUT2D eigenvalue weighted by Gasteiger charge is -2.07. The van der Waals surface area contributed by atoms with E-state index in [1.54, 1.807) is 24.3 Å². The maximum atomic E-state index is 12.3. The van der Waals surface area contributed by atoms with Gasteiger partial charge < -0.3 is 10.1 Å². The van der Waals surface area contributed by atoms with E-state index in [2.05, 4.69) is 5.32 Å². The molecule has 1 N–H and O–H groups in total. The average molecular weight is 463 g/mol. The van der Waals surface area contributed by atoms with Crippen LogP contribution in [0.1, 0.15) is 11.1 Å². The number of nitro benzene ring substituents is 1. The molecule has 2 aromatic carbocycles. The Bertz CT molecular complexity index is 948. The Labute approximate surface area is 163 Å². The molecule has 7 nitrogen and oxygen atoms in total. The van der Waals surface area contributed by atoms with Crippen LogP contribution in [-0.4, -0.2) is 17.9 Å².